The summed E-state index contributed by atoms with van der Waals surface area (Å²) in [5, 5.41) is 4.07. The zero-order valence-electron chi connectivity index (χ0n) is 12.2. The molecule has 23 heavy (non-hydrogen) atoms. The number of carbonyl (C=O) groups excluding carboxylic acids is 1. The summed E-state index contributed by atoms with van der Waals surface area (Å²) in [4.78, 5) is 23.3. The Labute approximate surface area is 144 Å². The molecule has 6 nitrogen and oxygen atoms in total. The number of rotatable bonds is 4. The highest BCUT2D eigenvalue weighted by Crippen LogP contribution is 2.31. The maximum Gasteiger partial charge on any atom is 0.229 e. The van der Waals surface area contributed by atoms with E-state index in [1.807, 2.05) is 6.07 Å². The van der Waals surface area contributed by atoms with Crippen LogP contribution < -0.4 is 10.2 Å². The molecule has 0 radical (unpaired) electrons. The van der Waals surface area contributed by atoms with Crippen molar-refractivity contribution < 1.29 is 4.79 Å². The van der Waals surface area contributed by atoms with E-state index in [4.69, 9.17) is 23.2 Å². The molecule has 1 aromatic carbocycles. The number of hydrogen-bond donors (Lipinski definition) is 1. The second-order valence-corrected chi connectivity index (χ2v) is 5.90. The minimum absolute atomic E-state index is 0.426. The highest BCUT2D eigenvalue weighted by atomic mass is 35.5. The molecule has 120 valence electrons. The van der Waals surface area contributed by atoms with Crippen LogP contribution in [-0.4, -0.2) is 47.5 Å². The quantitative estimate of drug-likeness (QED) is 0.858. The molecule has 0 atom stereocenters. The Hall–Kier alpha value is -2.05. The lowest BCUT2D eigenvalue weighted by Gasteiger charge is -2.33. The first-order valence-corrected chi connectivity index (χ1v) is 7.91. The van der Waals surface area contributed by atoms with E-state index in [0.717, 1.165) is 25.3 Å². The Morgan fingerprint density at radius 2 is 1.78 bits per heavy atom. The van der Waals surface area contributed by atoms with E-state index in [1.54, 1.807) is 29.3 Å². The Balaban J connectivity index is 1.77. The van der Waals surface area contributed by atoms with Gasteiger partial charge in [-0.15, -0.1) is 0 Å². The number of halogens is 2. The molecular formula is C15H15Cl2N5O. The van der Waals surface area contributed by atoms with Crippen molar-refractivity contribution in [1.29, 1.82) is 0 Å². The minimum Gasteiger partial charge on any atom is -0.353 e. The smallest absolute Gasteiger partial charge is 0.229 e. The summed E-state index contributed by atoms with van der Waals surface area (Å²) < 4.78 is 0. The molecule has 1 N–H and O–H groups in total. The van der Waals surface area contributed by atoms with E-state index in [1.165, 1.54) is 0 Å². The number of amides is 1. The number of hydrogen-bond acceptors (Lipinski definition) is 5. The molecular weight excluding hydrogens is 337 g/mol. The van der Waals surface area contributed by atoms with Crippen molar-refractivity contribution in [1.82, 2.24) is 14.9 Å². The van der Waals surface area contributed by atoms with Crippen LogP contribution in [-0.2, 0) is 4.79 Å². The van der Waals surface area contributed by atoms with Crippen LogP contribution in [0, 0.1) is 0 Å². The predicted octanol–water partition coefficient (Wildman–Crippen LogP) is 2.81. The Morgan fingerprint density at radius 3 is 2.43 bits per heavy atom. The van der Waals surface area contributed by atoms with E-state index >= 15 is 0 Å². The maximum absolute atomic E-state index is 10.8. The third kappa shape index (κ3) is 3.65. The molecule has 0 aliphatic carbocycles. The number of piperazine rings is 1. The molecule has 0 bridgehead atoms. The van der Waals surface area contributed by atoms with Gasteiger partial charge in [0.25, 0.3) is 0 Å². The van der Waals surface area contributed by atoms with Gasteiger partial charge in [-0.1, -0.05) is 29.3 Å². The average Bonchev–Trinajstić information content (AvgIpc) is 2.59. The number of benzene rings is 1. The molecule has 2 heterocycles. The molecule has 8 heteroatoms. The molecule has 3 rings (SSSR count). The van der Waals surface area contributed by atoms with Crippen LogP contribution >= 0.6 is 23.2 Å². The Kier molecular flexibility index (Phi) is 4.83. The van der Waals surface area contributed by atoms with Crippen LogP contribution in [0.1, 0.15) is 0 Å². The van der Waals surface area contributed by atoms with Gasteiger partial charge < -0.3 is 15.1 Å². The van der Waals surface area contributed by atoms with E-state index in [-0.39, 0.29) is 0 Å². The van der Waals surface area contributed by atoms with Crippen LogP contribution in [0.2, 0.25) is 10.0 Å². The second-order valence-electron chi connectivity index (χ2n) is 5.09. The van der Waals surface area contributed by atoms with E-state index < -0.39 is 0 Å². The van der Waals surface area contributed by atoms with Crippen molar-refractivity contribution in [2.75, 3.05) is 36.4 Å². The third-order valence-corrected chi connectivity index (χ3v) is 4.26. The Bertz CT molecular complexity index is 684. The van der Waals surface area contributed by atoms with Gasteiger partial charge in [-0.3, -0.25) is 4.79 Å². The zero-order chi connectivity index (χ0) is 16.2. The molecule has 0 unspecified atom stereocenters. The molecule has 1 fully saturated rings. The summed E-state index contributed by atoms with van der Waals surface area (Å²) in [5.74, 6) is 1.23. The van der Waals surface area contributed by atoms with Crippen molar-refractivity contribution in [3.63, 3.8) is 0 Å². The first-order valence-electron chi connectivity index (χ1n) is 7.16. The van der Waals surface area contributed by atoms with Crippen molar-refractivity contribution in [2.45, 2.75) is 0 Å². The predicted molar refractivity (Wildman–Crippen MR) is 91.6 cm³/mol. The normalized spacial score (nSPS) is 14.7. The first kappa shape index (κ1) is 15.8. The number of nitrogens with one attached hydrogen (secondary N) is 1. The highest BCUT2D eigenvalue weighted by Gasteiger charge is 2.17. The fraction of sp³-hybridized carbons (Fsp3) is 0.267. The summed E-state index contributed by atoms with van der Waals surface area (Å²) >= 11 is 12.3. The van der Waals surface area contributed by atoms with E-state index in [0.29, 0.717) is 34.8 Å². The third-order valence-electron chi connectivity index (χ3n) is 3.63. The SMILES string of the molecule is O=CN1CCN(c2ccnc(Nc3c(Cl)cccc3Cl)n2)CC1. The van der Waals surface area contributed by atoms with E-state index in [9.17, 15) is 4.79 Å². The van der Waals surface area contributed by atoms with Crippen molar-refractivity contribution in [3.8, 4) is 0 Å². The van der Waals surface area contributed by atoms with Gasteiger partial charge in [0.15, 0.2) is 0 Å². The largest absolute Gasteiger partial charge is 0.353 e. The average molecular weight is 352 g/mol. The van der Waals surface area contributed by atoms with Crippen molar-refractivity contribution >= 4 is 47.1 Å². The van der Waals surface area contributed by atoms with Crippen LogP contribution in [0.5, 0.6) is 0 Å². The molecule has 0 spiro atoms. The van der Waals surface area contributed by atoms with Crippen molar-refractivity contribution in [3.05, 3.63) is 40.5 Å². The van der Waals surface area contributed by atoms with Gasteiger partial charge in [0, 0.05) is 32.4 Å². The number of anilines is 3. The first-order chi connectivity index (χ1) is 11.2. The molecule has 1 saturated heterocycles. The van der Waals surface area contributed by atoms with Gasteiger partial charge >= 0.3 is 0 Å². The number of aromatic nitrogens is 2. The van der Waals surface area contributed by atoms with Crippen LogP contribution in [0.4, 0.5) is 17.5 Å². The number of nitrogens with zero attached hydrogens (tertiary/aromatic N) is 4. The lowest BCUT2D eigenvalue weighted by atomic mass is 10.3. The lowest BCUT2D eigenvalue weighted by Crippen LogP contribution is -2.46. The number of para-hydroxylation sites is 1. The van der Waals surface area contributed by atoms with Crippen LogP contribution in [0.25, 0.3) is 0 Å². The summed E-state index contributed by atoms with van der Waals surface area (Å²) in [5.41, 5.74) is 0.582. The zero-order valence-corrected chi connectivity index (χ0v) is 13.8. The number of carbonyl (C=O) groups is 1. The second kappa shape index (κ2) is 7.02. The van der Waals surface area contributed by atoms with Gasteiger partial charge in [-0.2, -0.15) is 4.98 Å². The molecule has 0 saturated carbocycles. The highest BCUT2D eigenvalue weighted by molar-refractivity contribution is 6.39. The fourth-order valence-electron chi connectivity index (χ4n) is 2.37. The molecule has 2 aromatic rings. The lowest BCUT2D eigenvalue weighted by molar-refractivity contribution is -0.118. The summed E-state index contributed by atoms with van der Waals surface area (Å²) in [6, 6.07) is 7.12. The molecule has 1 amide bonds. The Morgan fingerprint density at radius 1 is 1.09 bits per heavy atom. The van der Waals surface area contributed by atoms with Crippen LogP contribution in [0.3, 0.4) is 0 Å². The van der Waals surface area contributed by atoms with Gasteiger partial charge in [0.2, 0.25) is 12.4 Å². The van der Waals surface area contributed by atoms with Gasteiger partial charge in [0.1, 0.15) is 5.82 Å². The molecule has 1 aromatic heterocycles. The summed E-state index contributed by atoms with van der Waals surface area (Å²) in [6.07, 6.45) is 2.56. The standard InChI is InChI=1S/C15H15Cl2N5O/c16-11-2-1-3-12(17)14(11)20-15-18-5-4-13(19-15)22-8-6-21(10-23)7-9-22/h1-5,10H,6-9H2,(H,18,19,20). The summed E-state index contributed by atoms with van der Waals surface area (Å²) in [6.45, 7) is 2.85. The minimum atomic E-state index is 0.426. The maximum atomic E-state index is 10.8. The molecule has 1 aliphatic heterocycles. The van der Waals surface area contributed by atoms with Crippen LogP contribution in [0.15, 0.2) is 30.5 Å². The van der Waals surface area contributed by atoms with Gasteiger partial charge in [0.05, 0.1) is 15.7 Å². The van der Waals surface area contributed by atoms with Gasteiger partial charge in [-0.25, -0.2) is 4.98 Å². The topological polar surface area (TPSA) is 61.4 Å². The van der Waals surface area contributed by atoms with Gasteiger partial charge in [-0.05, 0) is 18.2 Å². The fourth-order valence-corrected chi connectivity index (χ4v) is 2.86. The monoisotopic (exact) mass is 351 g/mol. The summed E-state index contributed by atoms with van der Waals surface area (Å²) in [7, 11) is 0. The van der Waals surface area contributed by atoms with Crippen molar-refractivity contribution in [2.24, 2.45) is 0 Å². The molecule has 1 aliphatic rings. The van der Waals surface area contributed by atoms with E-state index in [2.05, 4.69) is 20.2 Å².